The number of hydrogen-bond donors (Lipinski definition) is 3. The highest BCUT2D eigenvalue weighted by molar-refractivity contribution is 5.87. The van der Waals surface area contributed by atoms with E-state index >= 15 is 0 Å². The Hall–Kier alpha value is -1.14. The fourth-order valence-corrected chi connectivity index (χ4v) is 0.792. The fourth-order valence-electron chi connectivity index (χ4n) is 0.792. The van der Waals surface area contributed by atoms with Crippen LogP contribution in [0.25, 0.3) is 0 Å². The van der Waals surface area contributed by atoms with Gasteiger partial charge in [-0.2, -0.15) is 5.48 Å². The van der Waals surface area contributed by atoms with E-state index in [2.05, 4.69) is 21.0 Å². The molecule has 0 saturated heterocycles. The maximum Gasteiger partial charge on any atom is 0.239 e. The lowest BCUT2D eigenvalue weighted by atomic mass is 10.2. The van der Waals surface area contributed by atoms with E-state index in [-0.39, 0.29) is 18.2 Å². The average Bonchev–Trinajstić information content (AvgIpc) is 2.15. The summed E-state index contributed by atoms with van der Waals surface area (Å²) >= 11 is 0. The van der Waals surface area contributed by atoms with Crippen molar-refractivity contribution in [2.75, 3.05) is 21.2 Å². The van der Waals surface area contributed by atoms with Gasteiger partial charge in [0.1, 0.15) is 6.04 Å². The third-order valence-corrected chi connectivity index (χ3v) is 1.49. The number of hydrogen-bond acceptors (Lipinski definition) is 4. The molecule has 0 aromatic carbocycles. The lowest BCUT2D eigenvalue weighted by Gasteiger charge is -2.14. The number of amides is 2. The van der Waals surface area contributed by atoms with E-state index < -0.39 is 6.04 Å². The molecule has 0 aliphatic heterocycles. The number of carbonyl (C=O) groups is 2. The fraction of sp³-hybridized carbons (Fsp3) is 0.714. The topological polar surface area (TPSA) is 79.5 Å². The number of nitrogens with one attached hydrogen (secondary N) is 3. The van der Waals surface area contributed by atoms with Crippen molar-refractivity contribution in [1.29, 1.82) is 0 Å². The van der Waals surface area contributed by atoms with Gasteiger partial charge in [-0.15, -0.1) is 0 Å². The Bertz CT molecular complexity index is 184. The van der Waals surface area contributed by atoms with E-state index in [4.69, 9.17) is 0 Å². The van der Waals surface area contributed by atoms with Crippen molar-refractivity contribution in [3.05, 3.63) is 0 Å². The number of likely N-dealkylation sites (N-methyl/N-ethyl adjacent to an activating group) is 1. The molecule has 0 radical (unpaired) electrons. The van der Waals surface area contributed by atoms with E-state index in [0.29, 0.717) is 0 Å². The van der Waals surface area contributed by atoms with Crippen LogP contribution >= 0.6 is 0 Å². The van der Waals surface area contributed by atoms with E-state index in [1.54, 1.807) is 0 Å². The number of carbonyl (C=O) groups excluding carboxylic acids is 2. The Labute approximate surface area is 77.0 Å². The van der Waals surface area contributed by atoms with Gasteiger partial charge in [0.05, 0.1) is 13.5 Å². The van der Waals surface area contributed by atoms with E-state index in [1.807, 2.05) is 0 Å². The normalized spacial score (nSPS) is 11.9. The molecule has 3 N–H and O–H groups in total. The zero-order valence-corrected chi connectivity index (χ0v) is 8.01. The summed E-state index contributed by atoms with van der Waals surface area (Å²) in [4.78, 5) is 26.6. The maximum absolute atomic E-state index is 11.1. The van der Waals surface area contributed by atoms with Crippen LogP contribution in [0.3, 0.4) is 0 Å². The summed E-state index contributed by atoms with van der Waals surface area (Å²) in [6.45, 7) is 0. The molecule has 0 aliphatic rings. The van der Waals surface area contributed by atoms with E-state index in [1.165, 1.54) is 21.2 Å². The van der Waals surface area contributed by atoms with Crippen LogP contribution in [0.4, 0.5) is 0 Å². The summed E-state index contributed by atoms with van der Waals surface area (Å²) in [7, 11) is 4.40. The molecule has 0 fully saturated rings. The van der Waals surface area contributed by atoms with Gasteiger partial charge in [0, 0.05) is 14.1 Å². The Morgan fingerprint density at radius 3 is 2.31 bits per heavy atom. The second kappa shape index (κ2) is 6.38. The van der Waals surface area contributed by atoms with Gasteiger partial charge in [0.2, 0.25) is 11.8 Å². The van der Waals surface area contributed by atoms with Crippen LogP contribution in [0.5, 0.6) is 0 Å². The molecule has 6 nitrogen and oxygen atoms in total. The minimum atomic E-state index is -0.657. The molecule has 0 bridgehead atoms. The minimum absolute atomic E-state index is 0.0456. The third-order valence-electron chi connectivity index (χ3n) is 1.49. The van der Waals surface area contributed by atoms with Crippen molar-refractivity contribution < 1.29 is 14.4 Å². The van der Waals surface area contributed by atoms with Crippen LogP contribution in [0, 0.1) is 0 Å². The summed E-state index contributed by atoms with van der Waals surface area (Å²) in [5.74, 6) is -0.511. The highest BCUT2D eigenvalue weighted by Gasteiger charge is 2.19. The SMILES string of the molecule is CNC(=O)CC(NOC)C(=O)NC. The number of rotatable bonds is 5. The molecule has 0 heterocycles. The van der Waals surface area contributed by atoms with Gasteiger partial charge in [-0.1, -0.05) is 0 Å². The molecular weight excluding hydrogens is 174 g/mol. The van der Waals surface area contributed by atoms with Crippen molar-refractivity contribution in [2.24, 2.45) is 0 Å². The highest BCUT2D eigenvalue weighted by Crippen LogP contribution is 1.91. The molecule has 2 amide bonds. The second-order valence-electron chi connectivity index (χ2n) is 2.37. The standard InChI is InChI=1S/C7H15N3O3/c1-8-6(11)4-5(10-13-3)7(12)9-2/h5,10H,4H2,1-3H3,(H,8,11)(H,9,12). The van der Waals surface area contributed by atoms with Crippen LogP contribution in [0.2, 0.25) is 0 Å². The Morgan fingerprint density at radius 1 is 1.31 bits per heavy atom. The molecule has 0 aliphatic carbocycles. The third kappa shape index (κ3) is 4.44. The minimum Gasteiger partial charge on any atom is -0.359 e. The first-order chi connectivity index (χ1) is 6.15. The monoisotopic (exact) mass is 189 g/mol. The Kier molecular flexibility index (Phi) is 5.82. The van der Waals surface area contributed by atoms with Gasteiger partial charge < -0.3 is 15.5 Å². The van der Waals surface area contributed by atoms with Gasteiger partial charge in [-0.3, -0.25) is 9.59 Å². The van der Waals surface area contributed by atoms with Gasteiger partial charge in [0.15, 0.2) is 0 Å². The summed E-state index contributed by atoms with van der Waals surface area (Å²) in [5.41, 5.74) is 2.43. The molecule has 6 heteroatoms. The molecule has 76 valence electrons. The van der Waals surface area contributed by atoms with E-state index in [0.717, 1.165) is 0 Å². The molecule has 1 atom stereocenters. The van der Waals surface area contributed by atoms with Gasteiger partial charge in [-0.25, -0.2) is 0 Å². The Balaban J connectivity index is 4.08. The zero-order chi connectivity index (χ0) is 10.3. The highest BCUT2D eigenvalue weighted by atomic mass is 16.6. The molecule has 1 unspecified atom stereocenters. The van der Waals surface area contributed by atoms with Gasteiger partial charge in [0.25, 0.3) is 0 Å². The predicted molar refractivity (Wildman–Crippen MR) is 46.7 cm³/mol. The summed E-state index contributed by atoms with van der Waals surface area (Å²) in [6, 6.07) is -0.657. The lowest BCUT2D eigenvalue weighted by Crippen LogP contribution is -2.45. The summed E-state index contributed by atoms with van der Waals surface area (Å²) in [6.07, 6.45) is 0.0456. The number of hydroxylamine groups is 1. The van der Waals surface area contributed by atoms with Crippen molar-refractivity contribution >= 4 is 11.8 Å². The van der Waals surface area contributed by atoms with Crippen LogP contribution in [-0.2, 0) is 14.4 Å². The first-order valence-electron chi connectivity index (χ1n) is 3.86. The van der Waals surface area contributed by atoms with E-state index in [9.17, 15) is 9.59 Å². The molecule has 0 saturated carbocycles. The zero-order valence-electron chi connectivity index (χ0n) is 8.01. The van der Waals surface area contributed by atoms with Crippen molar-refractivity contribution in [2.45, 2.75) is 12.5 Å². The molecular formula is C7H15N3O3. The maximum atomic E-state index is 11.1. The van der Waals surface area contributed by atoms with Crippen molar-refractivity contribution in [3.63, 3.8) is 0 Å². The first-order valence-corrected chi connectivity index (χ1v) is 3.86. The van der Waals surface area contributed by atoms with Gasteiger partial charge >= 0.3 is 0 Å². The summed E-state index contributed by atoms with van der Waals surface area (Å²) < 4.78 is 0. The van der Waals surface area contributed by atoms with Crippen LogP contribution in [0.15, 0.2) is 0 Å². The smallest absolute Gasteiger partial charge is 0.239 e. The van der Waals surface area contributed by atoms with Crippen LogP contribution in [-0.4, -0.2) is 39.1 Å². The first kappa shape index (κ1) is 11.9. The largest absolute Gasteiger partial charge is 0.359 e. The van der Waals surface area contributed by atoms with Crippen LogP contribution in [0.1, 0.15) is 6.42 Å². The molecule has 0 aromatic rings. The van der Waals surface area contributed by atoms with Crippen LogP contribution < -0.4 is 16.1 Å². The van der Waals surface area contributed by atoms with Crippen molar-refractivity contribution in [3.8, 4) is 0 Å². The molecule has 0 rings (SSSR count). The molecule has 0 spiro atoms. The predicted octanol–water partition coefficient (Wildman–Crippen LogP) is -1.61. The molecule has 0 aromatic heterocycles. The van der Waals surface area contributed by atoms with Crippen molar-refractivity contribution in [1.82, 2.24) is 16.1 Å². The quantitative estimate of drug-likeness (QED) is 0.454. The summed E-state index contributed by atoms with van der Waals surface area (Å²) in [5, 5.41) is 4.84. The second-order valence-corrected chi connectivity index (χ2v) is 2.37. The lowest BCUT2D eigenvalue weighted by molar-refractivity contribution is -0.131. The average molecular weight is 189 g/mol. The molecule has 13 heavy (non-hydrogen) atoms. The van der Waals surface area contributed by atoms with Gasteiger partial charge in [-0.05, 0) is 0 Å². The Morgan fingerprint density at radius 2 is 1.92 bits per heavy atom.